The molecule has 0 aliphatic carbocycles. The number of aryl methyl sites for hydroxylation is 1. The van der Waals surface area contributed by atoms with Crippen LogP contribution in [-0.4, -0.2) is 52.4 Å². The van der Waals surface area contributed by atoms with E-state index in [-0.39, 0.29) is 18.4 Å². The van der Waals surface area contributed by atoms with Crippen LogP contribution in [0.4, 0.5) is 5.69 Å². The first-order valence-corrected chi connectivity index (χ1v) is 11.6. The predicted octanol–water partition coefficient (Wildman–Crippen LogP) is 3.92. The number of rotatable bonds is 4. The van der Waals surface area contributed by atoms with E-state index in [4.69, 9.17) is 9.72 Å². The minimum atomic E-state index is -0.628. The number of fused-ring (bicyclic) bond motifs is 1. The maximum atomic E-state index is 13.0. The van der Waals surface area contributed by atoms with Gasteiger partial charge in [-0.05, 0) is 57.0 Å². The van der Waals surface area contributed by atoms with Crippen LogP contribution in [-0.2, 0) is 9.59 Å². The van der Waals surface area contributed by atoms with Crippen LogP contribution >= 0.6 is 11.3 Å². The number of carbonyl (C=O) groups is 2. The summed E-state index contributed by atoms with van der Waals surface area (Å²) in [5.74, 6) is 0.378. The fourth-order valence-corrected chi connectivity index (χ4v) is 5.09. The average molecular weight is 449 g/mol. The molecule has 4 heterocycles. The number of aromatic nitrogens is 2. The summed E-state index contributed by atoms with van der Waals surface area (Å²) in [7, 11) is 0. The highest BCUT2D eigenvalue weighted by atomic mass is 32.1. The summed E-state index contributed by atoms with van der Waals surface area (Å²) >= 11 is 1.58. The quantitative estimate of drug-likeness (QED) is 0.605. The maximum Gasteiger partial charge on any atom is 0.268 e. The molecule has 3 aromatic rings. The molecule has 0 saturated carbocycles. The first-order valence-electron chi connectivity index (χ1n) is 10.8. The summed E-state index contributed by atoms with van der Waals surface area (Å²) in [4.78, 5) is 39.4. The molecular formula is C24H24N4O3S. The lowest BCUT2D eigenvalue weighted by molar-refractivity contribution is -0.132. The number of pyridine rings is 1. The van der Waals surface area contributed by atoms with Gasteiger partial charge in [-0.25, -0.2) is 4.98 Å². The minimum absolute atomic E-state index is 0.0245. The molecular weight excluding hydrogens is 424 g/mol. The van der Waals surface area contributed by atoms with Gasteiger partial charge in [0, 0.05) is 29.7 Å². The number of anilines is 1. The van der Waals surface area contributed by atoms with Crippen LogP contribution in [0.5, 0.6) is 5.75 Å². The van der Waals surface area contributed by atoms with Gasteiger partial charge in [0.15, 0.2) is 6.10 Å². The topological polar surface area (TPSA) is 75.6 Å². The number of benzene rings is 1. The number of likely N-dealkylation sites (tertiary alicyclic amines) is 1. The second-order valence-corrected chi connectivity index (χ2v) is 9.30. The summed E-state index contributed by atoms with van der Waals surface area (Å²) in [6.45, 7) is 5.29. The molecule has 1 atom stereocenters. The van der Waals surface area contributed by atoms with E-state index in [0.29, 0.717) is 11.4 Å². The fourth-order valence-electron chi connectivity index (χ4n) is 4.18. The van der Waals surface area contributed by atoms with Gasteiger partial charge < -0.3 is 9.64 Å². The summed E-state index contributed by atoms with van der Waals surface area (Å²) in [5.41, 5.74) is 3.17. The maximum absolute atomic E-state index is 13.0. The monoisotopic (exact) mass is 448 g/mol. The molecule has 164 valence electrons. The van der Waals surface area contributed by atoms with Crippen molar-refractivity contribution in [2.24, 2.45) is 0 Å². The van der Waals surface area contributed by atoms with Crippen molar-refractivity contribution >= 4 is 28.8 Å². The third-order valence-corrected chi connectivity index (χ3v) is 6.87. The van der Waals surface area contributed by atoms with Crippen molar-refractivity contribution in [1.82, 2.24) is 14.9 Å². The van der Waals surface area contributed by atoms with Crippen LogP contribution in [0, 0.1) is 6.92 Å². The predicted molar refractivity (Wildman–Crippen MR) is 124 cm³/mol. The summed E-state index contributed by atoms with van der Waals surface area (Å²) in [5, 5.41) is 0.845. The van der Waals surface area contributed by atoms with Crippen molar-refractivity contribution in [3.05, 3.63) is 47.5 Å². The fraction of sp³-hybridized carbons (Fsp3) is 0.333. The highest BCUT2D eigenvalue weighted by Gasteiger charge is 2.34. The van der Waals surface area contributed by atoms with Crippen molar-refractivity contribution in [3.8, 4) is 27.7 Å². The Morgan fingerprint density at radius 1 is 1.22 bits per heavy atom. The van der Waals surface area contributed by atoms with Crippen molar-refractivity contribution < 1.29 is 14.3 Å². The molecule has 8 heteroatoms. The summed E-state index contributed by atoms with van der Waals surface area (Å²) < 4.78 is 5.83. The smallest absolute Gasteiger partial charge is 0.268 e. The lowest BCUT2D eigenvalue weighted by Crippen LogP contribution is -2.49. The molecule has 0 N–H and O–H groups in total. The second-order valence-electron chi connectivity index (χ2n) is 8.09. The number of amides is 2. The molecule has 1 fully saturated rings. The Bertz CT molecular complexity index is 1170. The van der Waals surface area contributed by atoms with E-state index in [2.05, 4.69) is 4.98 Å². The van der Waals surface area contributed by atoms with Gasteiger partial charge in [-0.3, -0.25) is 19.5 Å². The molecule has 7 nitrogen and oxygen atoms in total. The van der Waals surface area contributed by atoms with Gasteiger partial charge >= 0.3 is 0 Å². The molecule has 1 saturated heterocycles. The molecule has 1 aromatic carbocycles. The summed E-state index contributed by atoms with van der Waals surface area (Å²) in [6, 6.07) is 11.5. The van der Waals surface area contributed by atoms with Crippen LogP contribution in [0.25, 0.3) is 22.0 Å². The Balaban J connectivity index is 1.50. The van der Waals surface area contributed by atoms with Gasteiger partial charge in [0.25, 0.3) is 5.91 Å². The molecule has 0 bridgehead atoms. The van der Waals surface area contributed by atoms with Gasteiger partial charge in [0.1, 0.15) is 17.3 Å². The van der Waals surface area contributed by atoms with Crippen LogP contribution in [0.3, 0.4) is 0 Å². The Hall–Kier alpha value is -3.26. The largest absolute Gasteiger partial charge is 0.479 e. The molecule has 2 amide bonds. The third-order valence-electron chi connectivity index (χ3n) is 5.87. The third kappa shape index (κ3) is 3.75. The molecule has 0 spiro atoms. The number of hydrogen-bond donors (Lipinski definition) is 0. The SMILES string of the molecule is Cc1sc(-c2ccccn2)nc1-c1ccc2c(c1)N(CC(=O)N1CCCC1)C(=O)C(C)O2. The number of ether oxygens (including phenoxy) is 1. The zero-order valence-corrected chi connectivity index (χ0v) is 18.9. The molecule has 5 rings (SSSR count). The number of thiazole rings is 1. The highest BCUT2D eigenvalue weighted by Crippen LogP contribution is 2.40. The van der Waals surface area contributed by atoms with Gasteiger partial charge in [0.05, 0.1) is 17.1 Å². The number of carbonyl (C=O) groups excluding carboxylic acids is 2. The first kappa shape index (κ1) is 20.6. The Morgan fingerprint density at radius 3 is 2.78 bits per heavy atom. The average Bonchev–Trinajstić information content (AvgIpc) is 3.47. The van der Waals surface area contributed by atoms with E-state index < -0.39 is 6.10 Å². The van der Waals surface area contributed by atoms with Crippen LogP contribution in [0.1, 0.15) is 24.6 Å². The zero-order chi connectivity index (χ0) is 22.2. The Morgan fingerprint density at radius 2 is 2.03 bits per heavy atom. The number of hydrogen-bond acceptors (Lipinski definition) is 6. The lowest BCUT2D eigenvalue weighted by Gasteiger charge is -2.33. The van der Waals surface area contributed by atoms with Gasteiger partial charge in [-0.1, -0.05) is 6.07 Å². The highest BCUT2D eigenvalue weighted by molar-refractivity contribution is 7.15. The molecule has 2 aliphatic heterocycles. The minimum Gasteiger partial charge on any atom is -0.479 e. The van der Waals surface area contributed by atoms with E-state index in [1.165, 1.54) is 0 Å². The van der Waals surface area contributed by atoms with E-state index >= 15 is 0 Å². The van der Waals surface area contributed by atoms with Crippen molar-refractivity contribution in [2.45, 2.75) is 32.8 Å². The van der Waals surface area contributed by atoms with Gasteiger partial charge in [-0.15, -0.1) is 11.3 Å². The Labute approximate surface area is 190 Å². The molecule has 2 aromatic heterocycles. The van der Waals surface area contributed by atoms with Crippen LogP contribution in [0.2, 0.25) is 0 Å². The van der Waals surface area contributed by atoms with Crippen LogP contribution in [0.15, 0.2) is 42.6 Å². The van der Waals surface area contributed by atoms with E-state index in [1.54, 1.807) is 29.4 Å². The van der Waals surface area contributed by atoms with Gasteiger partial charge in [-0.2, -0.15) is 0 Å². The van der Waals surface area contributed by atoms with E-state index in [0.717, 1.165) is 52.8 Å². The normalized spacial score (nSPS) is 17.9. The Kier molecular flexibility index (Phi) is 5.38. The van der Waals surface area contributed by atoms with E-state index in [1.807, 2.05) is 48.2 Å². The molecule has 2 aliphatic rings. The zero-order valence-electron chi connectivity index (χ0n) is 18.1. The first-order chi connectivity index (χ1) is 15.5. The molecule has 1 unspecified atom stereocenters. The second kappa shape index (κ2) is 8.35. The van der Waals surface area contributed by atoms with Crippen molar-refractivity contribution in [2.75, 3.05) is 24.5 Å². The summed E-state index contributed by atoms with van der Waals surface area (Å²) in [6.07, 6.45) is 3.16. The van der Waals surface area contributed by atoms with Crippen LogP contribution < -0.4 is 9.64 Å². The van der Waals surface area contributed by atoms with E-state index in [9.17, 15) is 9.59 Å². The van der Waals surface area contributed by atoms with Crippen molar-refractivity contribution in [1.29, 1.82) is 0 Å². The number of nitrogens with zero attached hydrogens (tertiary/aromatic N) is 4. The van der Waals surface area contributed by atoms with Crippen molar-refractivity contribution in [3.63, 3.8) is 0 Å². The van der Waals surface area contributed by atoms with Gasteiger partial charge in [0.2, 0.25) is 5.91 Å². The molecule has 0 radical (unpaired) electrons. The lowest BCUT2D eigenvalue weighted by atomic mass is 10.1. The standard InChI is InChI=1S/C24H24N4O3S/c1-15-24(30)28(14-21(29)27-11-5-6-12-27)19-13-17(8-9-20(19)31-15)22-16(2)32-23(26-22)18-7-3-4-10-25-18/h3-4,7-10,13,15H,5-6,11-12,14H2,1-2H3. The molecule has 32 heavy (non-hydrogen) atoms.